The summed E-state index contributed by atoms with van der Waals surface area (Å²) in [6.45, 7) is 10.3. The topological polar surface area (TPSA) is 15.3 Å². The predicted octanol–water partition coefficient (Wildman–Crippen LogP) is 0.247. The molecule has 1 unspecified atom stereocenters. The summed E-state index contributed by atoms with van der Waals surface area (Å²) < 4.78 is 0. The highest BCUT2D eigenvalue weighted by Gasteiger charge is 2.45. The van der Waals surface area contributed by atoms with Gasteiger partial charge in [0.1, 0.15) is 0 Å². The minimum Gasteiger partial charge on any atom is -0.424 e. The molecule has 2 saturated heterocycles. The molecule has 3 heteroatoms. The van der Waals surface area contributed by atoms with Crippen LogP contribution in [0.1, 0.15) is 12.8 Å². The lowest BCUT2D eigenvalue weighted by atomic mass is 9.67. The summed E-state index contributed by atoms with van der Waals surface area (Å²) in [4.78, 5) is 2.23. The molecular weight excluding hydrogens is 147 g/mol. The molecule has 1 N–H and O–H groups in total. The fourth-order valence-corrected chi connectivity index (χ4v) is 2.37. The Morgan fingerprint density at radius 3 is 2.75 bits per heavy atom. The van der Waals surface area contributed by atoms with Crippen LogP contribution in [-0.2, 0) is 0 Å². The van der Waals surface area contributed by atoms with Gasteiger partial charge in [0.05, 0.1) is 0 Å². The van der Waals surface area contributed by atoms with Crippen molar-refractivity contribution in [2.24, 2.45) is 5.41 Å². The van der Waals surface area contributed by atoms with Crippen molar-refractivity contribution in [3.05, 3.63) is 24.6 Å². The normalized spacial score (nSPS) is 34.8. The maximum atomic E-state index is 4.11. The van der Waals surface area contributed by atoms with Crippen LogP contribution in [0.2, 0.25) is 0 Å². The molecule has 0 aromatic carbocycles. The van der Waals surface area contributed by atoms with E-state index in [2.05, 4.69) is 31.3 Å². The number of allylic oxidation sites excluding steroid dienone is 1. The maximum absolute atomic E-state index is 4.11. The van der Waals surface area contributed by atoms with Gasteiger partial charge in [0.15, 0.2) is 0 Å². The molecule has 2 nitrogen and oxygen atoms in total. The zero-order valence-electron chi connectivity index (χ0n) is 7.69. The summed E-state index contributed by atoms with van der Waals surface area (Å²) >= 11 is 0. The van der Waals surface area contributed by atoms with E-state index in [4.69, 9.17) is 0 Å². The van der Waals surface area contributed by atoms with Crippen LogP contribution in [0, 0.1) is 5.41 Å². The smallest absolute Gasteiger partial charge is 0.217 e. The van der Waals surface area contributed by atoms with Crippen molar-refractivity contribution in [1.29, 1.82) is 0 Å². The van der Waals surface area contributed by atoms with Crippen molar-refractivity contribution in [1.82, 2.24) is 10.1 Å². The molecule has 2 heterocycles. The predicted molar refractivity (Wildman–Crippen MR) is 53.2 cm³/mol. The van der Waals surface area contributed by atoms with Crippen molar-refractivity contribution in [2.45, 2.75) is 12.8 Å². The third kappa shape index (κ3) is 0.888. The Labute approximate surface area is 74.8 Å². The molecule has 0 aliphatic carbocycles. The molecular formula is C9H15BN2. The molecule has 12 heavy (non-hydrogen) atoms. The Kier molecular flexibility index (Phi) is 1.50. The molecule has 0 amide bonds. The summed E-state index contributed by atoms with van der Waals surface area (Å²) in [5, 5.41) is 3.29. The first-order chi connectivity index (χ1) is 5.64. The van der Waals surface area contributed by atoms with Gasteiger partial charge >= 0.3 is 0 Å². The van der Waals surface area contributed by atoms with E-state index in [0.717, 1.165) is 19.5 Å². The van der Waals surface area contributed by atoms with E-state index in [1.165, 1.54) is 17.8 Å². The van der Waals surface area contributed by atoms with Gasteiger partial charge in [0.2, 0.25) is 7.98 Å². The average molecular weight is 162 g/mol. The molecule has 0 radical (unpaired) electrons. The van der Waals surface area contributed by atoms with E-state index in [9.17, 15) is 0 Å². The third-order valence-corrected chi connectivity index (χ3v) is 3.14. The Bertz CT molecular complexity index is 245. The largest absolute Gasteiger partial charge is 0.424 e. The highest BCUT2D eigenvalue weighted by Crippen LogP contribution is 2.47. The lowest BCUT2D eigenvalue weighted by Gasteiger charge is -2.55. The van der Waals surface area contributed by atoms with Crippen LogP contribution >= 0.6 is 0 Å². The van der Waals surface area contributed by atoms with Gasteiger partial charge in [-0.15, -0.1) is 0 Å². The second-order valence-electron chi connectivity index (χ2n) is 4.04. The van der Waals surface area contributed by atoms with Gasteiger partial charge in [-0.25, -0.2) is 0 Å². The zero-order valence-corrected chi connectivity index (χ0v) is 7.69. The standard InChI is InChI=1S/C9H15BN2/c1-7-5-9(3-4-11-7)6-12(10)8(9)2/h11H,1-6,10H2. The molecule has 64 valence electrons. The van der Waals surface area contributed by atoms with Crippen molar-refractivity contribution >= 4 is 7.98 Å². The molecule has 0 saturated carbocycles. The van der Waals surface area contributed by atoms with E-state index in [1.54, 1.807) is 0 Å². The summed E-state index contributed by atoms with van der Waals surface area (Å²) in [6.07, 6.45) is 2.30. The van der Waals surface area contributed by atoms with Gasteiger partial charge in [-0.05, 0) is 12.8 Å². The third-order valence-electron chi connectivity index (χ3n) is 3.14. The summed E-state index contributed by atoms with van der Waals surface area (Å²) in [5.41, 5.74) is 2.84. The van der Waals surface area contributed by atoms with Crippen molar-refractivity contribution in [3.8, 4) is 0 Å². The highest BCUT2D eigenvalue weighted by atomic mass is 15.2. The molecule has 1 atom stereocenters. The van der Waals surface area contributed by atoms with E-state index in [0.29, 0.717) is 5.41 Å². The van der Waals surface area contributed by atoms with Crippen molar-refractivity contribution < 1.29 is 0 Å². The quantitative estimate of drug-likeness (QED) is 0.513. The Balaban J connectivity index is 2.12. The van der Waals surface area contributed by atoms with Crippen LogP contribution in [0.4, 0.5) is 0 Å². The van der Waals surface area contributed by atoms with Gasteiger partial charge in [0.25, 0.3) is 0 Å². The van der Waals surface area contributed by atoms with Crippen LogP contribution in [0.25, 0.3) is 0 Å². The second-order valence-corrected chi connectivity index (χ2v) is 4.04. The van der Waals surface area contributed by atoms with Crippen molar-refractivity contribution in [2.75, 3.05) is 13.1 Å². The summed E-state index contributed by atoms with van der Waals surface area (Å²) in [6, 6.07) is 0. The lowest BCUT2D eigenvalue weighted by molar-refractivity contribution is 0.121. The van der Waals surface area contributed by atoms with E-state index in [1.807, 2.05) is 0 Å². The Morgan fingerprint density at radius 2 is 2.25 bits per heavy atom. The first-order valence-electron chi connectivity index (χ1n) is 4.46. The van der Waals surface area contributed by atoms with Gasteiger partial charge in [-0.2, -0.15) is 0 Å². The highest BCUT2D eigenvalue weighted by molar-refractivity contribution is 6.06. The van der Waals surface area contributed by atoms with Crippen LogP contribution in [0.15, 0.2) is 24.6 Å². The summed E-state index contributed by atoms with van der Waals surface area (Å²) in [5.74, 6) is 0. The minimum absolute atomic E-state index is 0.372. The molecule has 1 spiro atoms. The first-order valence-corrected chi connectivity index (χ1v) is 4.46. The lowest BCUT2D eigenvalue weighted by Crippen LogP contribution is -2.55. The van der Waals surface area contributed by atoms with E-state index in [-0.39, 0.29) is 0 Å². The molecule has 2 aliphatic heterocycles. The number of rotatable bonds is 0. The van der Waals surface area contributed by atoms with E-state index >= 15 is 0 Å². The molecule has 2 fully saturated rings. The SMILES string of the molecule is BN1CC2(CCNC(=C)C2)C1=C. The van der Waals surface area contributed by atoms with Crippen LogP contribution in [-0.4, -0.2) is 25.9 Å². The Hall–Kier alpha value is -0.855. The van der Waals surface area contributed by atoms with Crippen molar-refractivity contribution in [3.63, 3.8) is 0 Å². The van der Waals surface area contributed by atoms with Crippen LogP contribution in [0.3, 0.4) is 0 Å². The number of nitrogens with one attached hydrogen (secondary N) is 1. The number of nitrogens with zero attached hydrogens (tertiary/aromatic N) is 1. The van der Waals surface area contributed by atoms with Crippen LogP contribution < -0.4 is 5.32 Å². The molecule has 0 aromatic heterocycles. The fourth-order valence-electron chi connectivity index (χ4n) is 2.37. The van der Waals surface area contributed by atoms with Gasteiger partial charge in [-0.3, -0.25) is 0 Å². The van der Waals surface area contributed by atoms with Crippen LogP contribution in [0.5, 0.6) is 0 Å². The van der Waals surface area contributed by atoms with Gasteiger partial charge in [0, 0.05) is 29.9 Å². The van der Waals surface area contributed by atoms with Gasteiger partial charge < -0.3 is 10.1 Å². The second kappa shape index (κ2) is 2.31. The number of hydrogen-bond acceptors (Lipinski definition) is 2. The molecule has 0 bridgehead atoms. The number of hydrogen-bond donors (Lipinski definition) is 1. The fraction of sp³-hybridized carbons (Fsp3) is 0.556. The minimum atomic E-state index is 0.372. The Morgan fingerprint density at radius 1 is 1.50 bits per heavy atom. The average Bonchev–Trinajstić information content (AvgIpc) is 2.04. The monoisotopic (exact) mass is 162 g/mol. The van der Waals surface area contributed by atoms with Gasteiger partial charge in [-0.1, -0.05) is 13.2 Å². The number of piperidine rings is 1. The zero-order chi connectivity index (χ0) is 8.77. The summed E-state index contributed by atoms with van der Waals surface area (Å²) in [7, 11) is 2.11. The van der Waals surface area contributed by atoms with E-state index < -0.39 is 0 Å². The molecule has 0 aromatic rings. The molecule has 2 aliphatic rings. The first kappa shape index (κ1) is 7.78. The molecule has 2 rings (SSSR count). The maximum Gasteiger partial charge on any atom is 0.217 e.